The van der Waals surface area contributed by atoms with E-state index in [0.717, 1.165) is 12.0 Å². The van der Waals surface area contributed by atoms with Gasteiger partial charge >= 0.3 is 0 Å². The van der Waals surface area contributed by atoms with E-state index in [1.807, 2.05) is 12.1 Å². The SMILES string of the molecule is C=CC(=O)NCCOc1ccc(-c2ccc(C3CCC(CCCCC)CC3)cc2)c(F)c1F. The molecule has 3 rings (SSSR count). The Morgan fingerprint density at radius 3 is 2.45 bits per heavy atom. The van der Waals surface area contributed by atoms with E-state index < -0.39 is 11.6 Å². The van der Waals surface area contributed by atoms with Gasteiger partial charge in [-0.1, -0.05) is 63.5 Å². The van der Waals surface area contributed by atoms with Crippen LogP contribution >= 0.6 is 0 Å². The molecule has 1 aliphatic carbocycles. The Hall–Kier alpha value is -2.69. The Kier molecular flexibility index (Phi) is 9.47. The molecule has 0 atom stereocenters. The van der Waals surface area contributed by atoms with Gasteiger partial charge in [0.05, 0.1) is 6.54 Å². The zero-order chi connectivity index (χ0) is 23.6. The minimum atomic E-state index is -1.02. The molecule has 178 valence electrons. The third-order valence-corrected chi connectivity index (χ3v) is 6.65. The fourth-order valence-corrected chi connectivity index (χ4v) is 4.68. The van der Waals surface area contributed by atoms with Gasteiger partial charge in [0.1, 0.15) is 6.61 Å². The molecule has 0 aromatic heterocycles. The summed E-state index contributed by atoms with van der Waals surface area (Å²) < 4.78 is 34.5. The summed E-state index contributed by atoms with van der Waals surface area (Å²) in [6.07, 6.45) is 11.4. The monoisotopic (exact) mass is 455 g/mol. The van der Waals surface area contributed by atoms with Crippen molar-refractivity contribution in [2.24, 2.45) is 5.92 Å². The van der Waals surface area contributed by atoms with Crippen molar-refractivity contribution in [3.05, 3.63) is 66.3 Å². The number of rotatable bonds is 11. The van der Waals surface area contributed by atoms with Gasteiger partial charge in [0.15, 0.2) is 11.6 Å². The first kappa shape index (κ1) is 24.9. The average molecular weight is 456 g/mol. The summed E-state index contributed by atoms with van der Waals surface area (Å²) in [5.41, 5.74) is 2.15. The zero-order valence-corrected chi connectivity index (χ0v) is 19.5. The first-order chi connectivity index (χ1) is 16.0. The predicted octanol–water partition coefficient (Wildman–Crippen LogP) is 7.17. The van der Waals surface area contributed by atoms with Crippen molar-refractivity contribution in [2.45, 2.75) is 64.2 Å². The van der Waals surface area contributed by atoms with Crippen molar-refractivity contribution < 1.29 is 18.3 Å². The molecular formula is C28H35F2NO2. The highest BCUT2D eigenvalue weighted by atomic mass is 19.2. The van der Waals surface area contributed by atoms with Crippen molar-refractivity contribution in [3.8, 4) is 16.9 Å². The molecule has 2 aromatic rings. The topological polar surface area (TPSA) is 38.3 Å². The number of nitrogens with one attached hydrogen (secondary N) is 1. The number of hydrogen-bond acceptors (Lipinski definition) is 2. The molecule has 33 heavy (non-hydrogen) atoms. The van der Waals surface area contributed by atoms with Gasteiger partial charge in [-0.25, -0.2) is 4.39 Å². The van der Waals surface area contributed by atoms with E-state index in [4.69, 9.17) is 4.74 Å². The number of hydrogen-bond donors (Lipinski definition) is 1. The fourth-order valence-electron chi connectivity index (χ4n) is 4.68. The van der Waals surface area contributed by atoms with Crippen LogP contribution in [-0.4, -0.2) is 19.1 Å². The summed E-state index contributed by atoms with van der Waals surface area (Å²) in [5.74, 6) is -1.04. The van der Waals surface area contributed by atoms with E-state index in [0.29, 0.717) is 11.5 Å². The Labute approximate surface area is 196 Å². The maximum absolute atomic E-state index is 14.7. The zero-order valence-electron chi connectivity index (χ0n) is 19.5. The summed E-state index contributed by atoms with van der Waals surface area (Å²) in [6.45, 7) is 5.80. The van der Waals surface area contributed by atoms with E-state index in [2.05, 4.69) is 31.0 Å². The number of ether oxygens (including phenoxy) is 1. The lowest BCUT2D eigenvalue weighted by atomic mass is 9.77. The molecule has 0 aliphatic heterocycles. The third kappa shape index (κ3) is 6.89. The lowest BCUT2D eigenvalue weighted by Gasteiger charge is -2.29. The maximum Gasteiger partial charge on any atom is 0.243 e. The Morgan fingerprint density at radius 1 is 1.06 bits per heavy atom. The Bertz CT molecular complexity index is 918. The quantitative estimate of drug-likeness (QED) is 0.288. The molecule has 0 spiro atoms. The molecule has 2 aromatic carbocycles. The van der Waals surface area contributed by atoms with Crippen LogP contribution in [0, 0.1) is 17.6 Å². The highest BCUT2D eigenvalue weighted by Gasteiger charge is 2.22. The minimum Gasteiger partial charge on any atom is -0.489 e. The maximum atomic E-state index is 14.7. The van der Waals surface area contributed by atoms with Gasteiger partial charge in [0.25, 0.3) is 0 Å². The number of halogens is 2. The first-order valence-corrected chi connectivity index (χ1v) is 12.1. The van der Waals surface area contributed by atoms with E-state index in [1.54, 1.807) is 0 Å². The van der Waals surface area contributed by atoms with Crippen molar-refractivity contribution in [1.82, 2.24) is 5.32 Å². The molecule has 0 saturated heterocycles. The molecular weight excluding hydrogens is 420 g/mol. The third-order valence-electron chi connectivity index (χ3n) is 6.65. The standard InChI is InChI=1S/C28H35F2NO2/c1-3-5-6-7-20-8-10-21(11-9-20)22-12-14-23(15-13-22)24-16-17-25(28(30)27(24)29)33-19-18-31-26(32)4-2/h4,12-17,20-21H,2-3,5-11,18-19H2,1H3,(H,31,32). The van der Waals surface area contributed by atoms with E-state index >= 15 is 0 Å². The van der Waals surface area contributed by atoms with E-state index in [-0.39, 0.29) is 30.4 Å². The Morgan fingerprint density at radius 2 is 1.79 bits per heavy atom. The lowest BCUT2D eigenvalue weighted by Crippen LogP contribution is -2.26. The first-order valence-electron chi connectivity index (χ1n) is 12.1. The largest absolute Gasteiger partial charge is 0.489 e. The second-order valence-corrected chi connectivity index (χ2v) is 8.92. The molecule has 0 unspecified atom stereocenters. The average Bonchev–Trinajstić information content (AvgIpc) is 2.85. The highest BCUT2D eigenvalue weighted by molar-refractivity contribution is 5.86. The number of carbonyl (C=O) groups is 1. The highest BCUT2D eigenvalue weighted by Crippen LogP contribution is 2.38. The van der Waals surface area contributed by atoms with Gasteiger partial charge in [-0.05, 0) is 66.9 Å². The van der Waals surface area contributed by atoms with Crippen LogP contribution in [0.15, 0.2) is 49.1 Å². The molecule has 1 saturated carbocycles. The summed E-state index contributed by atoms with van der Waals surface area (Å²) in [4.78, 5) is 11.1. The molecule has 1 aliphatic rings. The summed E-state index contributed by atoms with van der Waals surface area (Å²) in [6, 6.07) is 10.8. The molecule has 0 radical (unpaired) electrons. The summed E-state index contributed by atoms with van der Waals surface area (Å²) >= 11 is 0. The molecule has 1 amide bonds. The van der Waals surface area contributed by atoms with Gasteiger partial charge in [-0.15, -0.1) is 0 Å². The normalized spacial score (nSPS) is 18.0. The lowest BCUT2D eigenvalue weighted by molar-refractivity contribution is -0.116. The van der Waals surface area contributed by atoms with Gasteiger partial charge in [0.2, 0.25) is 11.7 Å². The van der Waals surface area contributed by atoms with Crippen LogP contribution in [0.25, 0.3) is 11.1 Å². The second-order valence-electron chi connectivity index (χ2n) is 8.92. The van der Waals surface area contributed by atoms with Crippen molar-refractivity contribution in [3.63, 3.8) is 0 Å². The van der Waals surface area contributed by atoms with Crippen LogP contribution in [0.3, 0.4) is 0 Å². The van der Waals surface area contributed by atoms with Crippen LogP contribution in [-0.2, 0) is 4.79 Å². The van der Waals surface area contributed by atoms with Gasteiger partial charge in [-0.2, -0.15) is 4.39 Å². The van der Waals surface area contributed by atoms with Crippen LogP contribution in [0.4, 0.5) is 8.78 Å². The number of benzene rings is 2. The van der Waals surface area contributed by atoms with Crippen LogP contribution in [0.1, 0.15) is 69.8 Å². The molecule has 0 bridgehead atoms. The van der Waals surface area contributed by atoms with Gasteiger partial charge in [-0.3, -0.25) is 4.79 Å². The van der Waals surface area contributed by atoms with Crippen LogP contribution in [0.5, 0.6) is 5.75 Å². The van der Waals surface area contributed by atoms with E-state index in [1.165, 1.54) is 69.1 Å². The summed E-state index contributed by atoms with van der Waals surface area (Å²) in [5, 5.41) is 2.52. The van der Waals surface area contributed by atoms with Crippen LogP contribution in [0.2, 0.25) is 0 Å². The minimum absolute atomic E-state index is 0.0326. The van der Waals surface area contributed by atoms with Crippen molar-refractivity contribution >= 4 is 5.91 Å². The molecule has 3 nitrogen and oxygen atoms in total. The predicted molar refractivity (Wildman–Crippen MR) is 129 cm³/mol. The van der Waals surface area contributed by atoms with Gasteiger partial charge < -0.3 is 10.1 Å². The molecule has 0 heterocycles. The molecule has 5 heteroatoms. The number of carbonyl (C=O) groups excluding carboxylic acids is 1. The summed E-state index contributed by atoms with van der Waals surface area (Å²) in [7, 11) is 0. The molecule has 1 fully saturated rings. The smallest absolute Gasteiger partial charge is 0.243 e. The Balaban J connectivity index is 1.57. The molecule has 1 N–H and O–H groups in total. The second kappa shape index (κ2) is 12.5. The van der Waals surface area contributed by atoms with Gasteiger partial charge in [0, 0.05) is 5.56 Å². The number of unbranched alkanes of at least 4 members (excludes halogenated alkanes) is 2. The van der Waals surface area contributed by atoms with Crippen LogP contribution < -0.4 is 10.1 Å². The number of amides is 1. The van der Waals surface area contributed by atoms with Crippen molar-refractivity contribution in [2.75, 3.05) is 13.2 Å². The van der Waals surface area contributed by atoms with E-state index in [9.17, 15) is 13.6 Å². The fraction of sp³-hybridized carbons (Fsp3) is 0.464. The van der Waals surface area contributed by atoms with Crippen molar-refractivity contribution in [1.29, 1.82) is 0 Å².